The van der Waals surface area contributed by atoms with Crippen molar-refractivity contribution in [1.82, 2.24) is 15.3 Å². The number of rotatable bonds is 5. The van der Waals surface area contributed by atoms with E-state index in [1.165, 1.54) is 34.6 Å². The van der Waals surface area contributed by atoms with Gasteiger partial charge in [0, 0.05) is 4.88 Å². The van der Waals surface area contributed by atoms with Crippen LogP contribution >= 0.6 is 22.7 Å². The van der Waals surface area contributed by atoms with Gasteiger partial charge in [-0.15, -0.1) is 22.7 Å². The normalized spacial score (nSPS) is 13.7. The molecule has 0 unspecified atom stereocenters. The second-order valence-electron chi connectivity index (χ2n) is 6.59. The van der Waals surface area contributed by atoms with E-state index in [0.717, 1.165) is 29.5 Å². The molecule has 3 heterocycles. The molecule has 0 bridgehead atoms. The summed E-state index contributed by atoms with van der Waals surface area (Å²) in [6, 6.07) is 3.47. The van der Waals surface area contributed by atoms with E-state index in [2.05, 4.69) is 15.3 Å². The highest BCUT2D eigenvalue weighted by atomic mass is 32.1. The number of carbonyl (C=O) groups excluding carboxylic acids is 2. The highest BCUT2D eigenvalue weighted by molar-refractivity contribution is 7.19. The number of anilines is 1. The van der Waals surface area contributed by atoms with E-state index in [1.54, 1.807) is 28.8 Å². The van der Waals surface area contributed by atoms with Crippen LogP contribution in [0, 0.1) is 0 Å². The summed E-state index contributed by atoms with van der Waals surface area (Å²) in [6.07, 6.45) is 5.66. The van der Waals surface area contributed by atoms with Crippen molar-refractivity contribution in [2.24, 2.45) is 0 Å². The Morgan fingerprint density at radius 2 is 2.07 bits per heavy atom. The monoisotopic (exact) mass is 416 g/mol. The molecule has 0 radical (unpaired) electrons. The zero-order valence-electron chi connectivity index (χ0n) is 15.2. The number of hydrogen-bond donors (Lipinski definition) is 2. The lowest BCUT2D eigenvalue weighted by Crippen LogP contribution is -2.30. The number of thiophene rings is 2. The Labute approximate surface area is 169 Å². The Bertz CT molecular complexity index is 1010. The van der Waals surface area contributed by atoms with Gasteiger partial charge in [0.15, 0.2) is 12.4 Å². The fourth-order valence-electron chi connectivity index (χ4n) is 3.32. The van der Waals surface area contributed by atoms with E-state index < -0.39 is 5.97 Å². The van der Waals surface area contributed by atoms with Crippen LogP contribution in [0.4, 0.5) is 5.82 Å². The molecule has 0 saturated heterocycles. The van der Waals surface area contributed by atoms with Gasteiger partial charge in [-0.3, -0.25) is 9.59 Å². The fraction of sp³-hybridized carbons (Fsp3) is 0.368. The van der Waals surface area contributed by atoms with E-state index in [-0.39, 0.29) is 19.1 Å². The molecule has 0 atom stereocenters. The molecule has 0 aromatic carbocycles. The number of fused-ring (bicyclic) bond motifs is 3. The first-order chi connectivity index (χ1) is 13.6. The van der Waals surface area contributed by atoms with Gasteiger partial charge in [-0.05, 0) is 42.7 Å². The summed E-state index contributed by atoms with van der Waals surface area (Å²) in [5, 5.41) is 5.29. The molecule has 0 spiro atoms. The Balaban J connectivity index is 1.39. The number of aromatic nitrogens is 2. The minimum atomic E-state index is -0.547. The quantitative estimate of drug-likeness (QED) is 0.489. The van der Waals surface area contributed by atoms with E-state index >= 15 is 0 Å². The molecule has 0 aliphatic heterocycles. The summed E-state index contributed by atoms with van der Waals surface area (Å²) in [5.41, 5.74) is 7.48. The van der Waals surface area contributed by atoms with Crippen molar-refractivity contribution in [3.63, 3.8) is 0 Å². The molecule has 0 fully saturated rings. The predicted molar refractivity (Wildman–Crippen MR) is 110 cm³/mol. The average Bonchev–Trinajstić information content (AvgIpc) is 3.28. The third kappa shape index (κ3) is 4.00. The molecule has 28 heavy (non-hydrogen) atoms. The second-order valence-corrected chi connectivity index (χ2v) is 8.62. The number of aryl methyl sites for hydroxylation is 2. The maximum absolute atomic E-state index is 11.9. The van der Waals surface area contributed by atoms with Gasteiger partial charge < -0.3 is 15.8 Å². The van der Waals surface area contributed by atoms with Crippen LogP contribution in [0.1, 0.15) is 45.2 Å². The molecule has 3 aromatic rings. The van der Waals surface area contributed by atoms with E-state index in [1.807, 2.05) is 0 Å². The van der Waals surface area contributed by atoms with Crippen LogP contribution in [0.5, 0.6) is 0 Å². The van der Waals surface area contributed by atoms with Crippen molar-refractivity contribution in [1.29, 1.82) is 0 Å². The molecule has 3 N–H and O–H groups in total. The molecule has 1 aliphatic rings. The summed E-state index contributed by atoms with van der Waals surface area (Å²) in [7, 11) is 0. The highest BCUT2D eigenvalue weighted by Crippen LogP contribution is 2.37. The molecule has 9 heteroatoms. The summed E-state index contributed by atoms with van der Waals surface area (Å²) in [4.78, 5) is 35.4. The third-order valence-electron chi connectivity index (χ3n) is 4.64. The Kier molecular flexibility index (Phi) is 5.54. The van der Waals surface area contributed by atoms with Crippen LogP contribution in [-0.2, 0) is 29.0 Å². The zero-order valence-corrected chi connectivity index (χ0v) is 16.8. The number of carbonyl (C=O) groups is 2. The summed E-state index contributed by atoms with van der Waals surface area (Å²) in [6.45, 7) is -0.280. The summed E-state index contributed by atoms with van der Waals surface area (Å²) in [5.74, 6) is -0.0242. The molecule has 1 aliphatic carbocycles. The molecular weight excluding hydrogens is 396 g/mol. The van der Waals surface area contributed by atoms with Gasteiger partial charge in [0.05, 0.1) is 10.3 Å². The smallest absolute Gasteiger partial charge is 0.325 e. The maximum atomic E-state index is 11.9. The number of nitrogens with two attached hydrogens (primary N) is 1. The molecule has 4 rings (SSSR count). The van der Waals surface area contributed by atoms with Gasteiger partial charge in [0.2, 0.25) is 0 Å². The van der Waals surface area contributed by atoms with Gasteiger partial charge >= 0.3 is 5.97 Å². The first-order valence-electron chi connectivity index (χ1n) is 9.16. The zero-order chi connectivity index (χ0) is 19.5. The van der Waals surface area contributed by atoms with Crippen molar-refractivity contribution < 1.29 is 14.3 Å². The standard InChI is InChI=1S/C19H20N4O3S2/c20-17-16-11-5-2-1-3-6-12(11)28-19(16)23-14(22-17)10-26-15(24)9-21-18(25)13-7-4-8-27-13/h4,7-8H,1-3,5-6,9-10H2,(H,21,25)(H2,20,22,23). The van der Waals surface area contributed by atoms with Gasteiger partial charge in [-0.25, -0.2) is 9.97 Å². The van der Waals surface area contributed by atoms with Crippen LogP contribution in [0.3, 0.4) is 0 Å². The van der Waals surface area contributed by atoms with Gasteiger partial charge in [-0.2, -0.15) is 0 Å². The predicted octanol–water partition coefficient (Wildman–Crippen LogP) is 3.08. The highest BCUT2D eigenvalue weighted by Gasteiger charge is 2.19. The maximum Gasteiger partial charge on any atom is 0.325 e. The van der Waals surface area contributed by atoms with Crippen molar-refractivity contribution in [2.45, 2.75) is 38.7 Å². The van der Waals surface area contributed by atoms with Crippen molar-refractivity contribution in [2.75, 3.05) is 12.3 Å². The van der Waals surface area contributed by atoms with Crippen molar-refractivity contribution >= 4 is 50.6 Å². The van der Waals surface area contributed by atoms with Crippen LogP contribution in [0.15, 0.2) is 17.5 Å². The van der Waals surface area contributed by atoms with Crippen LogP contribution in [0.25, 0.3) is 10.2 Å². The number of hydrogen-bond acceptors (Lipinski definition) is 8. The molecule has 146 valence electrons. The van der Waals surface area contributed by atoms with Crippen LogP contribution < -0.4 is 11.1 Å². The fourth-order valence-corrected chi connectivity index (χ4v) is 5.24. The van der Waals surface area contributed by atoms with Crippen LogP contribution in [0.2, 0.25) is 0 Å². The Hall–Kier alpha value is -2.52. The number of esters is 1. The molecule has 1 amide bonds. The SMILES string of the molecule is Nc1nc(COC(=O)CNC(=O)c2cccs2)nc2sc3c(c12)CCCCC3. The minimum absolute atomic E-state index is 0.0730. The topological polar surface area (TPSA) is 107 Å². The molecule has 3 aromatic heterocycles. The third-order valence-corrected chi connectivity index (χ3v) is 6.69. The average molecular weight is 417 g/mol. The number of nitrogens with zero attached hydrogens (tertiary/aromatic N) is 2. The van der Waals surface area contributed by atoms with Crippen LogP contribution in [-0.4, -0.2) is 28.4 Å². The minimum Gasteiger partial charge on any atom is -0.456 e. The van der Waals surface area contributed by atoms with E-state index in [0.29, 0.717) is 16.5 Å². The lowest BCUT2D eigenvalue weighted by atomic mass is 10.1. The first kappa shape index (κ1) is 18.8. The molecule has 7 nitrogen and oxygen atoms in total. The van der Waals surface area contributed by atoms with Gasteiger partial charge in [-0.1, -0.05) is 12.5 Å². The first-order valence-corrected chi connectivity index (χ1v) is 10.9. The van der Waals surface area contributed by atoms with Gasteiger partial charge in [0.25, 0.3) is 5.91 Å². The second kappa shape index (κ2) is 8.24. The van der Waals surface area contributed by atoms with E-state index in [4.69, 9.17) is 10.5 Å². The summed E-state index contributed by atoms with van der Waals surface area (Å²) >= 11 is 2.97. The lowest BCUT2D eigenvalue weighted by molar-refractivity contribution is -0.143. The van der Waals surface area contributed by atoms with Gasteiger partial charge in [0.1, 0.15) is 17.2 Å². The lowest BCUT2D eigenvalue weighted by Gasteiger charge is -2.07. The van der Waals surface area contributed by atoms with Crippen molar-refractivity contribution in [3.8, 4) is 0 Å². The number of nitrogens with one attached hydrogen (secondary N) is 1. The Morgan fingerprint density at radius 3 is 2.89 bits per heavy atom. The Morgan fingerprint density at radius 1 is 1.21 bits per heavy atom. The molecule has 0 saturated carbocycles. The number of nitrogen functional groups attached to an aromatic ring is 1. The summed E-state index contributed by atoms with van der Waals surface area (Å²) < 4.78 is 5.20. The largest absolute Gasteiger partial charge is 0.456 e. The van der Waals surface area contributed by atoms with E-state index in [9.17, 15) is 9.59 Å². The molecular formula is C19H20N4O3S2. The van der Waals surface area contributed by atoms with Crippen molar-refractivity contribution in [3.05, 3.63) is 38.7 Å². The number of ether oxygens (including phenoxy) is 1. The number of amides is 1.